The summed E-state index contributed by atoms with van der Waals surface area (Å²) in [7, 11) is 1.67. The number of hydrogen-bond acceptors (Lipinski definition) is 3. The van der Waals surface area contributed by atoms with Gasteiger partial charge < -0.3 is 4.90 Å². The molecule has 3 nitrogen and oxygen atoms in total. The Hall–Kier alpha value is -1.07. The first-order valence-electron chi connectivity index (χ1n) is 5.03. The van der Waals surface area contributed by atoms with Crippen LogP contribution in [-0.2, 0) is 4.79 Å². The first-order valence-corrected chi connectivity index (χ1v) is 6.18. The van der Waals surface area contributed by atoms with Crippen molar-refractivity contribution in [3.8, 4) is 0 Å². The molecule has 86 valence electrons. The lowest BCUT2D eigenvalue weighted by atomic mass is 10.2. The lowest BCUT2D eigenvalue weighted by Crippen LogP contribution is -2.43. The molecule has 0 spiro atoms. The van der Waals surface area contributed by atoms with Gasteiger partial charge in [0.25, 0.3) is 0 Å². The van der Waals surface area contributed by atoms with Crippen LogP contribution in [0.5, 0.6) is 0 Å². The molecule has 1 atom stereocenters. The fourth-order valence-electron chi connectivity index (χ4n) is 1.60. The molecule has 1 heterocycles. The molecule has 1 fully saturated rings. The fraction of sp³-hybridized carbons (Fsp3) is 0.364. The third-order valence-corrected chi connectivity index (χ3v) is 3.48. The first-order chi connectivity index (χ1) is 7.68. The molecule has 1 aliphatic heterocycles. The smallest absolute Gasteiger partial charge is 0.244 e. The first kappa shape index (κ1) is 11.4. The van der Waals surface area contributed by atoms with Crippen LogP contribution in [-0.4, -0.2) is 30.6 Å². The number of thioether (sulfide) groups is 1. The molecule has 1 unspecified atom stereocenters. The van der Waals surface area contributed by atoms with Crippen molar-refractivity contribution in [3.63, 3.8) is 0 Å². The van der Waals surface area contributed by atoms with Gasteiger partial charge in [0.15, 0.2) is 0 Å². The van der Waals surface area contributed by atoms with Gasteiger partial charge in [-0.15, -0.1) is 11.8 Å². The highest BCUT2D eigenvalue weighted by molar-refractivity contribution is 7.99. The van der Waals surface area contributed by atoms with E-state index < -0.39 is 0 Å². The van der Waals surface area contributed by atoms with Crippen molar-refractivity contribution < 1.29 is 9.18 Å². The minimum Gasteiger partial charge on any atom is -0.314 e. The van der Waals surface area contributed by atoms with Crippen molar-refractivity contribution in [2.24, 2.45) is 0 Å². The van der Waals surface area contributed by atoms with Crippen LogP contribution < -0.4 is 10.2 Å². The lowest BCUT2D eigenvalue weighted by Gasteiger charge is -2.20. The number of hydrogen-bond donors (Lipinski definition) is 1. The monoisotopic (exact) mass is 240 g/mol. The molecule has 1 amide bonds. The van der Waals surface area contributed by atoms with E-state index in [1.807, 2.05) is 0 Å². The maximum absolute atomic E-state index is 13.0. The Morgan fingerprint density at radius 2 is 2.44 bits per heavy atom. The van der Waals surface area contributed by atoms with Crippen molar-refractivity contribution in [2.75, 3.05) is 23.6 Å². The van der Waals surface area contributed by atoms with Crippen LogP contribution in [0.15, 0.2) is 24.3 Å². The van der Waals surface area contributed by atoms with E-state index in [-0.39, 0.29) is 17.8 Å². The van der Waals surface area contributed by atoms with Crippen LogP contribution in [0.2, 0.25) is 0 Å². The van der Waals surface area contributed by atoms with Crippen LogP contribution in [0.3, 0.4) is 0 Å². The molecular formula is C11H13FN2OS. The molecule has 0 radical (unpaired) electrons. The molecule has 0 aromatic heterocycles. The maximum Gasteiger partial charge on any atom is 0.244 e. The summed E-state index contributed by atoms with van der Waals surface area (Å²) in [6.07, 6.45) is 0. The molecule has 0 aliphatic carbocycles. The number of likely N-dealkylation sites (N-methyl/N-ethyl adjacent to an activating group) is 1. The highest BCUT2D eigenvalue weighted by Crippen LogP contribution is 2.17. The van der Waals surface area contributed by atoms with E-state index in [1.54, 1.807) is 30.9 Å². The SMILES string of the molecule is CN(C(=O)C1CSCN1)c1cccc(F)c1. The number of nitrogens with one attached hydrogen (secondary N) is 1. The Kier molecular flexibility index (Phi) is 3.46. The van der Waals surface area contributed by atoms with E-state index in [2.05, 4.69) is 5.32 Å². The summed E-state index contributed by atoms with van der Waals surface area (Å²) < 4.78 is 13.0. The Morgan fingerprint density at radius 1 is 1.62 bits per heavy atom. The van der Waals surface area contributed by atoms with E-state index in [0.29, 0.717) is 5.69 Å². The molecule has 1 aliphatic rings. The lowest BCUT2D eigenvalue weighted by molar-refractivity contribution is -0.119. The van der Waals surface area contributed by atoms with E-state index in [9.17, 15) is 9.18 Å². The number of carbonyl (C=O) groups is 1. The van der Waals surface area contributed by atoms with E-state index in [1.165, 1.54) is 17.0 Å². The quantitative estimate of drug-likeness (QED) is 0.849. The van der Waals surface area contributed by atoms with Gasteiger partial charge in [-0.05, 0) is 18.2 Å². The summed E-state index contributed by atoms with van der Waals surface area (Å²) in [6.45, 7) is 0. The van der Waals surface area contributed by atoms with E-state index in [4.69, 9.17) is 0 Å². The summed E-state index contributed by atoms with van der Waals surface area (Å²) in [5, 5.41) is 3.10. The summed E-state index contributed by atoms with van der Waals surface area (Å²) in [6, 6.07) is 5.90. The summed E-state index contributed by atoms with van der Waals surface area (Å²) >= 11 is 1.69. The van der Waals surface area contributed by atoms with Gasteiger partial charge in [-0.1, -0.05) is 6.07 Å². The van der Waals surface area contributed by atoms with Crippen LogP contribution in [0.25, 0.3) is 0 Å². The Morgan fingerprint density at radius 3 is 3.06 bits per heavy atom. The molecule has 5 heteroatoms. The number of benzene rings is 1. The second kappa shape index (κ2) is 4.84. The molecule has 1 saturated heterocycles. The van der Waals surface area contributed by atoms with Gasteiger partial charge in [0.05, 0.1) is 6.04 Å². The number of amides is 1. The molecule has 1 aromatic rings. The van der Waals surface area contributed by atoms with Gasteiger partial charge in [0.2, 0.25) is 5.91 Å². The van der Waals surface area contributed by atoms with E-state index in [0.717, 1.165) is 11.6 Å². The minimum absolute atomic E-state index is 0.0180. The van der Waals surface area contributed by atoms with Gasteiger partial charge in [-0.25, -0.2) is 4.39 Å². The Labute approximate surface area is 98.0 Å². The largest absolute Gasteiger partial charge is 0.314 e. The van der Waals surface area contributed by atoms with Gasteiger partial charge in [-0.2, -0.15) is 0 Å². The normalized spacial score (nSPS) is 19.8. The molecule has 0 bridgehead atoms. The molecule has 2 rings (SSSR count). The van der Waals surface area contributed by atoms with E-state index >= 15 is 0 Å². The standard InChI is InChI=1S/C11H13FN2OS/c1-14(9-4-2-3-8(12)5-9)11(15)10-6-16-7-13-10/h2-5,10,13H,6-7H2,1H3. The highest BCUT2D eigenvalue weighted by Gasteiger charge is 2.26. The van der Waals surface area contributed by atoms with Crippen LogP contribution in [0, 0.1) is 5.82 Å². The maximum atomic E-state index is 13.0. The number of nitrogens with zero attached hydrogens (tertiary/aromatic N) is 1. The summed E-state index contributed by atoms with van der Waals surface area (Å²) in [5.41, 5.74) is 0.587. The summed E-state index contributed by atoms with van der Waals surface area (Å²) in [4.78, 5) is 13.5. The van der Waals surface area contributed by atoms with Crippen molar-refractivity contribution >= 4 is 23.4 Å². The average molecular weight is 240 g/mol. The third-order valence-electron chi connectivity index (χ3n) is 2.54. The second-order valence-electron chi connectivity index (χ2n) is 3.65. The zero-order chi connectivity index (χ0) is 11.5. The predicted octanol–water partition coefficient (Wildman–Crippen LogP) is 1.45. The van der Waals surface area contributed by atoms with Crippen molar-refractivity contribution in [1.29, 1.82) is 0 Å². The van der Waals surface area contributed by atoms with Crippen molar-refractivity contribution in [3.05, 3.63) is 30.1 Å². The summed E-state index contributed by atoms with van der Waals surface area (Å²) in [5.74, 6) is 1.23. The van der Waals surface area contributed by atoms with Gasteiger partial charge in [0.1, 0.15) is 5.82 Å². The zero-order valence-electron chi connectivity index (χ0n) is 8.94. The third kappa shape index (κ3) is 2.36. The number of rotatable bonds is 2. The average Bonchev–Trinajstić information content (AvgIpc) is 2.80. The Balaban J connectivity index is 2.11. The molecule has 1 N–H and O–H groups in total. The molecule has 16 heavy (non-hydrogen) atoms. The molecular weight excluding hydrogens is 227 g/mol. The van der Waals surface area contributed by atoms with Crippen LogP contribution in [0.4, 0.5) is 10.1 Å². The molecule has 1 aromatic carbocycles. The van der Waals surface area contributed by atoms with Gasteiger partial charge >= 0.3 is 0 Å². The predicted molar refractivity (Wildman–Crippen MR) is 64.1 cm³/mol. The highest BCUT2D eigenvalue weighted by atomic mass is 32.2. The van der Waals surface area contributed by atoms with Crippen molar-refractivity contribution in [2.45, 2.75) is 6.04 Å². The number of anilines is 1. The van der Waals surface area contributed by atoms with Crippen LogP contribution >= 0.6 is 11.8 Å². The minimum atomic E-state index is -0.328. The topological polar surface area (TPSA) is 32.3 Å². The zero-order valence-corrected chi connectivity index (χ0v) is 9.76. The number of carbonyl (C=O) groups excluding carboxylic acids is 1. The second-order valence-corrected chi connectivity index (χ2v) is 4.68. The van der Waals surface area contributed by atoms with Gasteiger partial charge in [0, 0.05) is 24.4 Å². The van der Waals surface area contributed by atoms with Crippen LogP contribution in [0.1, 0.15) is 0 Å². The molecule has 0 saturated carbocycles. The van der Waals surface area contributed by atoms with Gasteiger partial charge in [-0.3, -0.25) is 10.1 Å². The Bertz CT molecular complexity index is 393. The fourth-order valence-corrected chi connectivity index (χ4v) is 2.53. The number of halogens is 1. The van der Waals surface area contributed by atoms with Crippen molar-refractivity contribution in [1.82, 2.24) is 5.32 Å².